The van der Waals surface area contributed by atoms with Crippen LogP contribution in [0, 0.1) is 65.6 Å². The minimum absolute atomic E-state index is 0.326. The molecule has 0 saturated carbocycles. The minimum atomic E-state index is 0.326. The highest BCUT2D eigenvalue weighted by atomic mass is 14.5. The highest BCUT2D eigenvalue weighted by Crippen LogP contribution is 2.01. The molecule has 0 fully saturated rings. The van der Waals surface area contributed by atoms with Crippen LogP contribution >= 0.6 is 0 Å². The van der Waals surface area contributed by atoms with E-state index >= 15 is 0 Å². The van der Waals surface area contributed by atoms with E-state index in [1.54, 1.807) is 0 Å². The van der Waals surface area contributed by atoms with E-state index in [0.29, 0.717) is 12.5 Å². The van der Waals surface area contributed by atoms with Crippen LogP contribution in [-0.4, -0.2) is 6.54 Å². The molecule has 1 unspecified atom stereocenters. The van der Waals surface area contributed by atoms with Crippen molar-refractivity contribution in [3.05, 3.63) is 0 Å². The lowest BCUT2D eigenvalue weighted by Crippen LogP contribution is -2.01. The first-order valence-corrected chi connectivity index (χ1v) is 4.97. The van der Waals surface area contributed by atoms with Gasteiger partial charge in [0.25, 0.3) is 0 Å². The van der Waals surface area contributed by atoms with Crippen molar-refractivity contribution in [1.82, 2.24) is 0 Å². The average Bonchev–Trinajstić information content (AvgIpc) is 2.30. The largest absolute Gasteiger partial charge is 0.330 e. The summed E-state index contributed by atoms with van der Waals surface area (Å²) in [7, 11) is 0. The van der Waals surface area contributed by atoms with Crippen molar-refractivity contribution in [2.75, 3.05) is 6.54 Å². The molecule has 0 saturated heterocycles. The Morgan fingerprint density at radius 3 is 2.12 bits per heavy atom. The Hall–Kier alpha value is -2.24. The van der Waals surface area contributed by atoms with E-state index in [-0.39, 0.29) is 0 Å². The molecule has 0 aliphatic rings. The van der Waals surface area contributed by atoms with E-state index in [2.05, 4.69) is 60.2 Å². The first kappa shape index (κ1) is 13.8. The molecule has 1 nitrogen and oxygen atoms in total. The van der Waals surface area contributed by atoms with Gasteiger partial charge in [-0.3, -0.25) is 0 Å². The normalized spacial score (nSPS) is 8.31. The van der Waals surface area contributed by atoms with Crippen molar-refractivity contribution in [1.29, 1.82) is 0 Å². The van der Waals surface area contributed by atoms with E-state index in [1.165, 1.54) is 0 Å². The summed E-state index contributed by atoms with van der Waals surface area (Å²) in [4.78, 5) is 0. The van der Waals surface area contributed by atoms with E-state index in [1.807, 2.05) is 0 Å². The molecule has 0 bridgehead atoms. The fourth-order valence-corrected chi connectivity index (χ4v) is 0.848. The molecule has 1 atom stereocenters. The van der Waals surface area contributed by atoms with E-state index in [0.717, 1.165) is 12.8 Å². The van der Waals surface area contributed by atoms with Crippen LogP contribution < -0.4 is 5.73 Å². The molecular formula is C15H13N. The maximum Gasteiger partial charge on any atom is 0.0185 e. The maximum atomic E-state index is 5.39. The van der Waals surface area contributed by atoms with Gasteiger partial charge in [0.15, 0.2) is 0 Å². The molecular weight excluding hydrogens is 194 g/mol. The van der Waals surface area contributed by atoms with Gasteiger partial charge in [-0.05, 0) is 66.7 Å². The molecule has 0 aliphatic carbocycles. The Kier molecular flexibility index (Phi) is 9.32. The summed E-state index contributed by atoms with van der Waals surface area (Å²) < 4.78 is 0. The van der Waals surface area contributed by atoms with Crippen LogP contribution in [0.4, 0.5) is 0 Å². The molecule has 2 N–H and O–H groups in total. The standard InChI is InChI=1S/C15H13N/c1-3-4-5-6-7-8-9-10-12-15(2)13-11-14-16/h1,15H,11,13-14,16H2,2H3. The topological polar surface area (TPSA) is 26.0 Å². The molecule has 0 spiro atoms. The quantitative estimate of drug-likeness (QED) is 0.687. The number of hydrogen-bond donors (Lipinski definition) is 1. The van der Waals surface area contributed by atoms with Crippen molar-refractivity contribution in [2.45, 2.75) is 19.8 Å². The predicted molar refractivity (Wildman–Crippen MR) is 67.4 cm³/mol. The molecule has 0 aromatic rings. The van der Waals surface area contributed by atoms with Crippen LogP contribution in [0.1, 0.15) is 19.8 Å². The first-order chi connectivity index (χ1) is 7.81. The Morgan fingerprint density at radius 1 is 1.00 bits per heavy atom. The SMILES string of the molecule is C#CC#CC#CC#CC#CC(C)CCCN. The lowest BCUT2D eigenvalue weighted by molar-refractivity contribution is 0.630. The lowest BCUT2D eigenvalue weighted by atomic mass is 10.1. The number of nitrogens with two attached hydrogens (primary N) is 1. The van der Waals surface area contributed by atoms with Gasteiger partial charge in [0.2, 0.25) is 0 Å². The monoisotopic (exact) mass is 207 g/mol. The van der Waals surface area contributed by atoms with Gasteiger partial charge >= 0.3 is 0 Å². The van der Waals surface area contributed by atoms with Crippen molar-refractivity contribution >= 4 is 0 Å². The smallest absolute Gasteiger partial charge is 0.0185 e. The van der Waals surface area contributed by atoms with Gasteiger partial charge in [-0.2, -0.15) is 0 Å². The molecule has 78 valence electrons. The highest BCUT2D eigenvalue weighted by Gasteiger charge is 1.93. The van der Waals surface area contributed by atoms with Gasteiger partial charge < -0.3 is 5.73 Å². The van der Waals surface area contributed by atoms with Crippen LogP contribution in [0.25, 0.3) is 0 Å². The molecule has 0 aliphatic heterocycles. The summed E-state index contributed by atoms with van der Waals surface area (Å²) in [6.07, 6.45) is 6.90. The van der Waals surface area contributed by atoms with Crippen LogP contribution in [0.15, 0.2) is 0 Å². The van der Waals surface area contributed by atoms with Gasteiger partial charge in [0, 0.05) is 5.92 Å². The zero-order chi connectivity index (χ0) is 12.1. The van der Waals surface area contributed by atoms with Crippen molar-refractivity contribution in [2.24, 2.45) is 11.7 Å². The van der Waals surface area contributed by atoms with Crippen LogP contribution in [0.2, 0.25) is 0 Å². The van der Waals surface area contributed by atoms with Crippen LogP contribution in [0.3, 0.4) is 0 Å². The lowest BCUT2D eigenvalue weighted by Gasteiger charge is -1.99. The Bertz CT molecular complexity index is 475. The second-order valence-corrected chi connectivity index (χ2v) is 3.00. The summed E-state index contributed by atoms with van der Waals surface area (Å²) in [5, 5.41) is 0. The molecule has 0 radical (unpaired) electrons. The molecule has 0 heterocycles. The van der Waals surface area contributed by atoms with Gasteiger partial charge in [-0.1, -0.05) is 12.8 Å². The van der Waals surface area contributed by atoms with Crippen molar-refractivity contribution in [3.63, 3.8) is 0 Å². The zero-order valence-corrected chi connectivity index (χ0v) is 9.35. The zero-order valence-electron chi connectivity index (χ0n) is 9.35. The molecule has 1 heteroatoms. The number of rotatable bonds is 3. The molecule has 0 amide bonds. The number of hydrogen-bond acceptors (Lipinski definition) is 1. The maximum absolute atomic E-state index is 5.39. The summed E-state index contributed by atoms with van der Waals surface area (Å²) >= 11 is 0. The minimum Gasteiger partial charge on any atom is -0.330 e. The average molecular weight is 207 g/mol. The van der Waals surface area contributed by atoms with Gasteiger partial charge in [-0.25, -0.2) is 0 Å². The summed E-state index contributed by atoms with van der Waals surface area (Å²) in [5.74, 6) is 23.3. The van der Waals surface area contributed by atoms with Crippen LogP contribution in [0.5, 0.6) is 0 Å². The fourth-order valence-electron chi connectivity index (χ4n) is 0.848. The van der Waals surface area contributed by atoms with Crippen molar-refractivity contribution in [3.8, 4) is 59.7 Å². The predicted octanol–water partition coefficient (Wildman–Crippen LogP) is 1.01. The van der Waals surface area contributed by atoms with Gasteiger partial charge in [0.1, 0.15) is 0 Å². The Labute approximate surface area is 98.2 Å². The third-order valence-electron chi connectivity index (χ3n) is 1.61. The molecule has 0 aromatic carbocycles. The second kappa shape index (κ2) is 10.8. The van der Waals surface area contributed by atoms with E-state index in [4.69, 9.17) is 12.2 Å². The first-order valence-electron chi connectivity index (χ1n) is 4.97. The Morgan fingerprint density at radius 2 is 1.56 bits per heavy atom. The van der Waals surface area contributed by atoms with Crippen molar-refractivity contribution < 1.29 is 0 Å². The molecule has 16 heavy (non-hydrogen) atoms. The second-order valence-electron chi connectivity index (χ2n) is 3.00. The van der Waals surface area contributed by atoms with E-state index in [9.17, 15) is 0 Å². The number of terminal acetylenes is 1. The Balaban J connectivity index is 4.04. The highest BCUT2D eigenvalue weighted by molar-refractivity contribution is 5.42. The van der Waals surface area contributed by atoms with Gasteiger partial charge in [-0.15, -0.1) is 6.42 Å². The third-order valence-corrected chi connectivity index (χ3v) is 1.61. The summed E-state index contributed by atoms with van der Waals surface area (Å²) in [6, 6.07) is 0. The molecule has 0 aromatic heterocycles. The van der Waals surface area contributed by atoms with Gasteiger partial charge in [0.05, 0.1) is 0 Å². The third kappa shape index (κ3) is 9.85. The fraction of sp³-hybridized carbons (Fsp3) is 0.333. The molecule has 0 rings (SSSR count). The summed E-state index contributed by atoms with van der Waals surface area (Å²) in [5.41, 5.74) is 5.39. The van der Waals surface area contributed by atoms with E-state index < -0.39 is 0 Å². The summed E-state index contributed by atoms with van der Waals surface area (Å²) in [6.45, 7) is 2.76. The van der Waals surface area contributed by atoms with Crippen LogP contribution in [-0.2, 0) is 0 Å².